The molecule has 186 valence electrons. The largest absolute Gasteiger partial charge is 0.465 e. The predicted octanol–water partition coefficient (Wildman–Crippen LogP) is 6.11. The fourth-order valence-electron chi connectivity index (χ4n) is 3.98. The molecule has 10 heteroatoms. The Balaban J connectivity index is 1.74. The van der Waals surface area contributed by atoms with Crippen LogP contribution in [0.25, 0.3) is 0 Å². The summed E-state index contributed by atoms with van der Waals surface area (Å²) in [7, 11) is 0. The minimum absolute atomic E-state index is 0.110. The molecule has 2 amide bonds. The number of benzene rings is 3. The minimum Gasteiger partial charge on any atom is -0.465 e. The number of anilines is 1. The van der Waals surface area contributed by atoms with Crippen LogP contribution in [-0.4, -0.2) is 35.9 Å². The van der Waals surface area contributed by atoms with Crippen LogP contribution in [0.1, 0.15) is 23.6 Å². The Morgan fingerprint density at radius 2 is 1.67 bits per heavy atom. The Morgan fingerprint density at radius 1 is 1.03 bits per heavy atom. The van der Waals surface area contributed by atoms with Crippen LogP contribution >= 0.6 is 11.6 Å². The molecule has 0 aromatic heterocycles. The van der Waals surface area contributed by atoms with Gasteiger partial charge in [0.1, 0.15) is 0 Å². The molecule has 0 saturated heterocycles. The summed E-state index contributed by atoms with van der Waals surface area (Å²) in [5, 5.41) is 8.59. The first kappa shape index (κ1) is 25.2. The summed E-state index contributed by atoms with van der Waals surface area (Å²) in [5.74, 6) is -0.588. The second-order valence-corrected chi connectivity index (χ2v) is 8.45. The molecule has 0 bridgehead atoms. The highest BCUT2D eigenvalue weighted by Crippen LogP contribution is 2.37. The van der Waals surface area contributed by atoms with Crippen LogP contribution in [0.3, 0.4) is 0 Å². The molecular weight excluding hydrogens is 495 g/mol. The van der Waals surface area contributed by atoms with Crippen molar-refractivity contribution in [3.8, 4) is 0 Å². The van der Waals surface area contributed by atoms with Gasteiger partial charge in [0.25, 0.3) is 0 Å². The molecule has 1 aliphatic rings. The smallest absolute Gasteiger partial charge is 0.416 e. The maximum Gasteiger partial charge on any atom is 0.416 e. The van der Waals surface area contributed by atoms with E-state index in [1.54, 1.807) is 61.5 Å². The van der Waals surface area contributed by atoms with Crippen LogP contribution < -0.4 is 5.32 Å². The fraction of sp³-hybridized carbons (Fsp3) is 0.192. The van der Waals surface area contributed by atoms with Crippen molar-refractivity contribution in [2.45, 2.75) is 18.5 Å². The highest BCUT2D eigenvalue weighted by Gasteiger charge is 2.53. The second-order valence-electron chi connectivity index (χ2n) is 8.01. The van der Waals surface area contributed by atoms with Crippen LogP contribution in [0.4, 0.5) is 23.7 Å². The van der Waals surface area contributed by atoms with Crippen molar-refractivity contribution in [3.05, 3.63) is 101 Å². The third-order valence-corrected chi connectivity index (χ3v) is 5.97. The van der Waals surface area contributed by atoms with Gasteiger partial charge in [-0.25, -0.2) is 9.80 Å². The number of carbonyl (C=O) groups is 2. The van der Waals surface area contributed by atoms with E-state index in [0.29, 0.717) is 16.1 Å². The first-order valence-corrected chi connectivity index (χ1v) is 11.4. The Labute approximate surface area is 210 Å². The molecule has 1 heterocycles. The van der Waals surface area contributed by atoms with E-state index in [4.69, 9.17) is 16.3 Å². The lowest BCUT2D eigenvalue weighted by molar-refractivity contribution is -0.147. The summed E-state index contributed by atoms with van der Waals surface area (Å²) in [5.41, 5.74) is -0.725. The Hall–Kier alpha value is -3.85. The number of urea groups is 1. The average molecular weight is 516 g/mol. The third-order valence-electron chi connectivity index (χ3n) is 5.72. The zero-order chi connectivity index (χ0) is 25.9. The van der Waals surface area contributed by atoms with Crippen LogP contribution in [0.2, 0.25) is 5.02 Å². The van der Waals surface area contributed by atoms with Gasteiger partial charge in [0.05, 0.1) is 24.4 Å². The lowest BCUT2D eigenvalue weighted by Crippen LogP contribution is -2.48. The van der Waals surface area contributed by atoms with E-state index in [2.05, 4.69) is 10.4 Å². The molecule has 0 saturated carbocycles. The first-order valence-electron chi connectivity index (χ1n) is 11.0. The summed E-state index contributed by atoms with van der Waals surface area (Å²) < 4.78 is 44.1. The van der Waals surface area contributed by atoms with Crippen molar-refractivity contribution in [2.24, 2.45) is 5.10 Å². The van der Waals surface area contributed by atoms with Crippen molar-refractivity contribution >= 4 is 35.0 Å². The van der Waals surface area contributed by atoms with Crippen molar-refractivity contribution in [1.82, 2.24) is 5.01 Å². The van der Waals surface area contributed by atoms with E-state index in [9.17, 15) is 22.8 Å². The highest BCUT2D eigenvalue weighted by molar-refractivity contribution is 6.31. The van der Waals surface area contributed by atoms with Gasteiger partial charge in [-0.05, 0) is 54.4 Å². The van der Waals surface area contributed by atoms with Gasteiger partial charge in [-0.3, -0.25) is 4.79 Å². The van der Waals surface area contributed by atoms with Crippen LogP contribution in [0.5, 0.6) is 0 Å². The minimum atomic E-state index is -4.50. The Bertz CT molecular complexity index is 1280. The number of hydrogen-bond acceptors (Lipinski definition) is 4. The fourth-order valence-corrected chi connectivity index (χ4v) is 4.11. The molecule has 0 fully saturated rings. The first-order chi connectivity index (χ1) is 17.1. The highest BCUT2D eigenvalue weighted by atomic mass is 35.5. The molecule has 1 N–H and O–H groups in total. The number of rotatable bonds is 5. The van der Waals surface area contributed by atoms with Crippen molar-refractivity contribution < 1.29 is 27.5 Å². The van der Waals surface area contributed by atoms with E-state index in [-0.39, 0.29) is 24.6 Å². The molecule has 0 spiro atoms. The number of amides is 2. The summed E-state index contributed by atoms with van der Waals surface area (Å²) in [6.45, 7) is 1.61. The molecule has 36 heavy (non-hydrogen) atoms. The van der Waals surface area contributed by atoms with Gasteiger partial charge >= 0.3 is 18.2 Å². The Morgan fingerprint density at radius 3 is 2.25 bits per heavy atom. The number of nitrogens with zero attached hydrogens (tertiary/aromatic N) is 2. The van der Waals surface area contributed by atoms with Gasteiger partial charge < -0.3 is 10.1 Å². The van der Waals surface area contributed by atoms with E-state index in [1.165, 1.54) is 0 Å². The zero-order valence-electron chi connectivity index (χ0n) is 19.1. The SMILES string of the molecule is CCOC(=O)C1(c2ccccc2)CN(C(=O)Nc2ccc(C(F)(F)F)cc2)N=C1c1ccc(Cl)cc1. The number of halogens is 4. The molecule has 6 nitrogen and oxygen atoms in total. The van der Waals surface area contributed by atoms with Crippen molar-refractivity contribution in [3.63, 3.8) is 0 Å². The van der Waals surface area contributed by atoms with Crippen molar-refractivity contribution in [1.29, 1.82) is 0 Å². The molecule has 1 atom stereocenters. The molecule has 0 aliphatic carbocycles. The molecule has 1 aliphatic heterocycles. The average Bonchev–Trinajstić information content (AvgIpc) is 3.27. The molecule has 0 radical (unpaired) electrons. The number of hydrazone groups is 1. The lowest BCUT2D eigenvalue weighted by atomic mass is 9.74. The van der Waals surface area contributed by atoms with Crippen LogP contribution in [0.15, 0.2) is 84.0 Å². The predicted molar refractivity (Wildman–Crippen MR) is 130 cm³/mol. The number of hydrogen-bond donors (Lipinski definition) is 1. The van der Waals surface area contributed by atoms with E-state index < -0.39 is 29.2 Å². The standard InChI is InChI=1S/C26H21ClF3N3O3/c1-2-36-23(34)25(18-6-4-3-5-7-18)16-33(32-22(25)17-8-12-20(27)13-9-17)24(35)31-21-14-10-19(11-15-21)26(28,29)30/h3-15H,2,16H2,1H3,(H,31,35). The summed E-state index contributed by atoms with van der Waals surface area (Å²) in [6, 6.07) is 18.8. The second kappa shape index (κ2) is 10.0. The number of alkyl halides is 3. The number of esters is 1. The van der Waals surface area contributed by atoms with Crippen LogP contribution in [-0.2, 0) is 21.1 Å². The summed E-state index contributed by atoms with van der Waals surface area (Å²) in [6.07, 6.45) is -4.50. The number of nitrogens with one attached hydrogen (secondary N) is 1. The van der Waals surface area contributed by atoms with Gasteiger partial charge in [0.2, 0.25) is 0 Å². The monoisotopic (exact) mass is 515 g/mol. The molecule has 4 rings (SSSR count). The molecule has 3 aromatic rings. The maximum atomic E-state index is 13.5. The lowest BCUT2D eigenvalue weighted by Gasteiger charge is -2.29. The normalized spacial score (nSPS) is 17.5. The quantitative estimate of drug-likeness (QED) is 0.417. The van der Waals surface area contributed by atoms with E-state index in [1.807, 2.05) is 0 Å². The van der Waals surface area contributed by atoms with Gasteiger partial charge in [0.15, 0.2) is 5.41 Å². The molecule has 1 unspecified atom stereocenters. The van der Waals surface area contributed by atoms with Gasteiger partial charge in [-0.2, -0.15) is 18.3 Å². The zero-order valence-corrected chi connectivity index (χ0v) is 19.8. The number of carbonyl (C=O) groups excluding carboxylic acids is 2. The topological polar surface area (TPSA) is 71.0 Å². The summed E-state index contributed by atoms with van der Waals surface area (Å²) >= 11 is 6.05. The van der Waals surface area contributed by atoms with Gasteiger partial charge in [-0.15, -0.1) is 0 Å². The molecule has 3 aromatic carbocycles. The van der Waals surface area contributed by atoms with Gasteiger partial charge in [0, 0.05) is 10.7 Å². The third kappa shape index (κ3) is 4.92. The van der Waals surface area contributed by atoms with Crippen molar-refractivity contribution in [2.75, 3.05) is 18.5 Å². The molecular formula is C26H21ClF3N3O3. The number of ether oxygens (including phenoxy) is 1. The van der Waals surface area contributed by atoms with E-state index in [0.717, 1.165) is 29.3 Å². The summed E-state index contributed by atoms with van der Waals surface area (Å²) in [4.78, 5) is 26.6. The Kier molecular flexibility index (Phi) is 7.03. The van der Waals surface area contributed by atoms with E-state index >= 15 is 0 Å². The van der Waals surface area contributed by atoms with Gasteiger partial charge in [-0.1, -0.05) is 54.1 Å². The van der Waals surface area contributed by atoms with Crippen LogP contribution in [0, 0.1) is 0 Å². The maximum absolute atomic E-state index is 13.5.